The van der Waals surface area contributed by atoms with E-state index in [1.165, 1.54) is 0 Å². The Morgan fingerprint density at radius 3 is 2.37 bits per heavy atom. The van der Waals surface area contributed by atoms with Gasteiger partial charge in [0.05, 0.1) is 16.9 Å². The van der Waals surface area contributed by atoms with Crippen LogP contribution in [0.2, 0.25) is 0 Å². The lowest BCUT2D eigenvalue weighted by molar-refractivity contribution is 0.00578. The van der Waals surface area contributed by atoms with Crippen molar-refractivity contribution in [2.75, 3.05) is 0 Å². The largest absolute Gasteiger partial charge is 0.487 e. The van der Waals surface area contributed by atoms with Gasteiger partial charge in [0.1, 0.15) is 0 Å². The average molecular weight is 263 g/mol. The van der Waals surface area contributed by atoms with Crippen LogP contribution in [-0.2, 0) is 9.31 Å². The molecule has 1 aromatic heterocycles. The molecule has 0 aromatic carbocycles. The zero-order valence-corrected chi connectivity index (χ0v) is 12.0. The summed E-state index contributed by atoms with van der Waals surface area (Å²) >= 11 is 0. The van der Waals surface area contributed by atoms with Crippen molar-refractivity contribution in [1.29, 1.82) is 0 Å². The van der Waals surface area contributed by atoms with Crippen molar-refractivity contribution in [3.05, 3.63) is 35.3 Å². The number of nitrogens with zero attached hydrogens (tertiary/aromatic N) is 1. The number of hydrogen-bond acceptors (Lipinski definition) is 3. The lowest BCUT2D eigenvalue weighted by atomic mass is 9.89. The first-order valence-electron chi connectivity index (χ1n) is 6.38. The highest BCUT2D eigenvalue weighted by Gasteiger charge is 2.50. The van der Waals surface area contributed by atoms with Crippen molar-refractivity contribution < 1.29 is 13.7 Å². The molecule has 3 nitrogen and oxygen atoms in total. The maximum absolute atomic E-state index is 13.8. The van der Waals surface area contributed by atoms with Gasteiger partial charge in [0.2, 0.25) is 0 Å². The van der Waals surface area contributed by atoms with E-state index < -0.39 is 7.12 Å². The fourth-order valence-corrected chi connectivity index (χ4v) is 1.81. The van der Waals surface area contributed by atoms with Crippen molar-refractivity contribution in [1.82, 2.24) is 4.98 Å². The molecule has 5 heteroatoms. The maximum Gasteiger partial charge on any atom is 0.487 e. The van der Waals surface area contributed by atoms with E-state index in [-0.39, 0.29) is 17.0 Å². The van der Waals surface area contributed by atoms with Gasteiger partial charge in [-0.05, 0) is 52.3 Å². The van der Waals surface area contributed by atoms with Crippen molar-refractivity contribution in [2.24, 2.45) is 0 Å². The number of halogens is 1. The third kappa shape index (κ3) is 2.72. The first-order valence-corrected chi connectivity index (χ1v) is 6.38. The molecule has 1 aromatic rings. The molecule has 102 valence electrons. The molecule has 19 heavy (non-hydrogen) atoms. The van der Waals surface area contributed by atoms with Crippen molar-refractivity contribution in [3.63, 3.8) is 0 Å². The summed E-state index contributed by atoms with van der Waals surface area (Å²) in [4.78, 5) is 4.00. The van der Waals surface area contributed by atoms with E-state index in [0.717, 1.165) is 0 Å². The third-order valence-corrected chi connectivity index (χ3v) is 3.79. The molecule has 0 radical (unpaired) electrons. The second-order valence-corrected chi connectivity index (χ2v) is 5.81. The van der Waals surface area contributed by atoms with Crippen LogP contribution in [0.25, 0.3) is 6.08 Å². The molecule has 0 spiro atoms. The van der Waals surface area contributed by atoms with E-state index in [9.17, 15) is 4.39 Å². The first-order chi connectivity index (χ1) is 8.73. The van der Waals surface area contributed by atoms with Crippen LogP contribution in [0.5, 0.6) is 0 Å². The monoisotopic (exact) mass is 263 g/mol. The second-order valence-electron chi connectivity index (χ2n) is 5.81. The van der Waals surface area contributed by atoms with Crippen LogP contribution in [0.15, 0.2) is 18.2 Å². The zero-order valence-electron chi connectivity index (χ0n) is 12.0. The average Bonchev–Trinajstić information content (AvgIpc) is 2.50. The molecule has 0 saturated carbocycles. The molecule has 0 unspecified atom stereocenters. The van der Waals surface area contributed by atoms with Gasteiger partial charge in [-0.2, -0.15) is 0 Å². The van der Waals surface area contributed by atoms with Crippen LogP contribution in [0, 0.1) is 12.7 Å². The molecule has 2 rings (SSSR count). The molecule has 1 aliphatic rings. The second kappa shape index (κ2) is 4.73. The molecule has 0 aliphatic carbocycles. The minimum atomic E-state index is -0.480. The van der Waals surface area contributed by atoms with E-state index in [1.54, 1.807) is 31.2 Å². The Labute approximate surface area is 114 Å². The summed E-state index contributed by atoms with van der Waals surface area (Å²) < 4.78 is 25.4. The minimum absolute atomic E-state index is 0.301. The van der Waals surface area contributed by atoms with Gasteiger partial charge in [-0.25, -0.2) is 4.39 Å². The Morgan fingerprint density at radius 2 is 1.79 bits per heavy atom. The standard InChI is InChI=1S/C14H19BFNO2/c1-10-7-9-17-11(12(10)16)6-8-15-18-13(2,3)14(4,5)19-15/h6-9H,1-5H3/b8-6+. The smallest absolute Gasteiger partial charge is 0.400 e. The third-order valence-electron chi connectivity index (χ3n) is 3.79. The number of aromatic nitrogens is 1. The predicted octanol–water partition coefficient (Wildman–Crippen LogP) is 3.17. The molecular formula is C14H19BFNO2. The molecule has 0 bridgehead atoms. The van der Waals surface area contributed by atoms with Gasteiger partial charge in [0, 0.05) is 6.20 Å². The Kier molecular flexibility index (Phi) is 3.54. The highest BCUT2D eigenvalue weighted by atomic mass is 19.1. The zero-order chi connectivity index (χ0) is 14.3. The van der Waals surface area contributed by atoms with Gasteiger partial charge in [-0.1, -0.05) is 5.98 Å². The molecule has 1 aliphatic heterocycles. The van der Waals surface area contributed by atoms with Gasteiger partial charge >= 0.3 is 7.12 Å². The topological polar surface area (TPSA) is 31.4 Å². The van der Waals surface area contributed by atoms with Gasteiger partial charge in [0.25, 0.3) is 0 Å². The molecule has 1 fully saturated rings. The normalized spacial score (nSPS) is 21.3. The van der Waals surface area contributed by atoms with Crippen molar-refractivity contribution in [2.45, 2.75) is 45.8 Å². The summed E-state index contributed by atoms with van der Waals surface area (Å²) in [5.74, 6) is 1.39. The number of pyridine rings is 1. The van der Waals surface area contributed by atoms with Crippen molar-refractivity contribution >= 4 is 13.2 Å². The minimum Gasteiger partial charge on any atom is -0.400 e. The molecule has 1 saturated heterocycles. The van der Waals surface area contributed by atoms with E-state index in [2.05, 4.69) is 4.98 Å². The highest BCUT2D eigenvalue weighted by Crippen LogP contribution is 2.37. The Bertz CT molecular complexity index is 498. The molecule has 2 heterocycles. The Balaban J connectivity index is 2.15. The molecular weight excluding hydrogens is 244 g/mol. The summed E-state index contributed by atoms with van der Waals surface area (Å²) in [6.45, 7) is 9.63. The first kappa shape index (κ1) is 14.2. The van der Waals surface area contributed by atoms with Crippen LogP contribution in [0.1, 0.15) is 39.0 Å². The van der Waals surface area contributed by atoms with Gasteiger partial charge in [-0.3, -0.25) is 4.98 Å². The fraction of sp³-hybridized carbons (Fsp3) is 0.500. The van der Waals surface area contributed by atoms with Crippen LogP contribution in [0.4, 0.5) is 4.39 Å². The number of rotatable bonds is 2. The summed E-state index contributed by atoms with van der Waals surface area (Å²) in [5, 5.41) is 0. The highest BCUT2D eigenvalue weighted by molar-refractivity contribution is 6.52. The van der Waals surface area contributed by atoms with Gasteiger partial charge < -0.3 is 9.31 Å². The van der Waals surface area contributed by atoms with Crippen LogP contribution < -0.4 is 0 Å². The Morgan fingerprint density at radius 1 is 1.21 bits per heavy atom. The van der Waals surface area contributed by atoms with Crippen LogP contribution in [-0.4, -0.2) is 23.3 Å². The maximum atomic E-state index is 13.8. The van der Waals surface area contributed by atoms with E-state index in [0.29, 0.717) is 11.3 Å². The van der Waals surface area contributed by atoms with E-state index in [1.807, 2.05) is 27.7 Å². The SMILES string of the molecule is Cc1ccnc(/C=C/B2OC(C)(C)C(C)(C)O2)c1F. The number of aryl methyl sites for hydroxylation is 1. The van der Waals surface area contributed by atoms with Gasteiger partial charge in [0.15, 0.2) is 5.82 Å². The summed E-state index contributed by atoms with van der Waals surface area (Å²) in [6.07, 6.45) is 3.19. The predicted molar refractivity (Wildman–Crippen MR) is 74.0 cm³/mol. The van der Waals surface area contributed by atoms with Gasteiger partial charge in [-0.15, -0.1) is 0 Å². The lowest BCUT2D eigenvalue weighted by Crippen LogP contribution is -2.41. The molecule has 0 N–H and O–H groups in total. The summed E-state index contributed by atoms with van der Waals surface area (Å²) in [5.41, 5.74) is 0.0968. The summed E-state index contributed by atoms with van der Waals surface area (Å²) in [7, 11) is -0.480. The summed E-state index contributed by atoms with van der Waals surface area (Å²) in [6, 6.07) is 1.64. The number of hydrogen-bond donors (Lipinski definition) is 0. The lowest BCUT2D eigenvalue weighted by Gasteiger charge is -2.32. The quantitative estimate of drug-likeness (QED) is 0.768. The molecule has 0 amide bonds. The molecule has 0 atom stereocenters. The van der Waals surface area contributed by atoms with Crippen LogP contribution in [0.3, 0.4) is 0 Å². The van der Waals surface area contributed by atoms with E-state index >= 15 is 0 Å². The van der Waals surface area contributed by atoms with E-state index in [4.69, 9.17) is 9.31 Å². The van der Waals surface area contributed by atoms with Crippen LogP contribution >= 0.6 is 0 Å². The Hall–Kier alpha value is -1.20. The fourth-order valence-electron chi connectivity index (χ4n) is 1.81. The van der Waals surface area contributed by atoms with Crippen molar-refractivity contribution in [3.8, 4) is 0 Å².